The van der Waals surface area contributed by atoms with Crippen LogP contribution in [0.4, 0.5) is 5.82 Å². The molecule has 0 fully saturated rings. The Hall–Kier alpha value is -2.31. The minimum atomic E-state index is -0.0804. The number of nitrogens with zero attached hydrogens (tertiary/aromatic N) is 4. The molecule has 80 valence electrons. The Labute approximate surface area is 89.9 Å². The number of aromatic nitrogens is 4. The van der Waals surface area contributed by atoms with Crippen LogP contribution in [0.15, 0.2) is 10.6 Å². The molecule has 2 aromatic heterocycles. The Morgan fingerprint density at radius 3 is 3.06 bits per heavy atom. The molecule has 1 amide bonds. The molecule has 3 heterocycles. The van der Waals surface area contributed by atoms with Crippen molar-refractivity contribution in [3.05, 3.63) is 17.7 Å². The fraction of sp³-hybridized carbons (Fsp3) is 0.222. The molecular formula is C9H7N5O2. The summed E-state index contributed by atoms with van der Waals surface area (Å²) in [6.07, 6.45) is 1.91. The third-order valence-corrected chi connectivity index (χ3v) is 2.19. The van der Waals surface area contributed by atoms with Crippen molar-refractivity contribution in [2.24, 2.45) is 0 Å². The first-order valence-electron chi connectivity index (χ1n) is 4.68. The highest BCUT2D eigenvalue weighted by molar-refractivity contribution is 5.97. The summed E-state index contributed by atoms with van der Waals surface area (Å²) in [7, 11) is 0. The summed E-state index contributed by atoms with van der Waals surface area (Å²) < 4.78 is 5.20. The molecule has 0 unspecified atom stereocenters. The standard InChI is InChI=1S/C9H7N5O2/c1-4-13-14-9(16-4)8-10-3-5-2-6(15)11-7(5)12-8/h3H,2H2,1H3,(H,10,11,12,15). The van der Waals surface area contributed by atoms with E-state index >= 15 is 0 Å². The number of fused-ring (bicyclic) bond motifs is 1. The van der Waals surface area contributed by atoms with Crippen LogP contribution < -0.4 is 5.32 Å². The van der Waals surface area contributed by atoms with Gasteiger partial charge >= 0.3 is 0 Å². The molecule has 0 bridgehead atoms. The Balaban J connectivity index is 2.05. The summed E-state index contributed by atoms with van der Waals surface area (Å²) in [5.41, 5.74) is 0.782. The van der Waals surface area contributed by atoms with Crippen LogP contribution in [-0.4, -0.2) is 26.1 Å². The first-order valence-corrected chi connectivity index (χ1v) is 4.68. The smallest absolute Gasteiger partial charge is 0.285 e. The van der Waals surface area contributed by atoms with Crippen LogP contribution in [0, 0.1) is 6.92 Å². The molecule has 16 heavy (non-hydrogen) atoms. The van der Waals surface area contributed by atoms with Gasteiger partial charge in [-0.2, -0.15) is 0 Å². The number of hydrogen-bond donors (Lipinski definition) is 1. The summed E-state index contributed by atoms with van der Waals surface area (Å²) >= 11 is 0. The molecule has 7 heteroatoms. The molecule has 0 saturated carbocycles. The summed E-state index contributed by atoms with van der Waals surface area (Å²) in [4.78, 5) is 19.3. The molecule has 0 radical (unpaired) electrons. The minimum absolute atomic E-state index is 0.0804. The van der Waals surface area contributed by atoms with Gasteiger partial charge in [-0.1, -0.05) is 0 Å². The predicted molar refractivity (Wildman–Crippen MR) is 52.4 cm³/mol. The van der Waals surface area contributed by atoms with Gasteiger partial charge in [0.05, 0.1) is 6.42 Å². The second kappa shape index (κ2) is 3.09. The number of amides is 1. The molecule has 0 aromatic carbocycles. The van der Waals surface area contributed by atoms with Gasteiger partial charge in [-0.25, -0.2) is 9.97 Å². The maximum atomic E-state index is 11.1. The van der Waals surface area contributed by atoms with Crippen LogP contribution in [0.3, 0.4) is 0 Å². The van der Waals surface area contributed by atoms with Crippen LogP contribution in [-0.2, 0) is 11.2 Å². The molecule has 0 atom stereocenters. The number of hydrogen-bond acceptors (Lipinski definition) is 6. The SMILES string of the molecule is Cc1nnc(-c2ncc3c(n2)NC(=O)C3)o1. The van der Waals surface area contributed by atoms with E-state index in [0.29, 0.717) is 24.0 Å². The topological polar surface area (TPSA) is 93.8 Å². The number of carbonyl (C=O) groups excluding carboxylic acids is 1. The van der Waals surface area contributed by atoms with Crippen molar-refractivity contribution in [1.29, 1.82) is 0 Å². The molecule has 7 nitrogen and oxygen atoms in total. The summed E-state index contributed by atoms with van der Waals surface area (Å²) in [5.74, 6) is 1.46. The van der Waals surface area contributed by atoms with Gasteiger partial charge in [0, 0.05) is 18.7 Å². The van der Waals surface area contributed by atoms with Gasteiger partial charge in [0.1, 0.15) is 5.82 Å². The van der Waals surface area contributed by atoms with Crippen molar-refractivity contribution in [2.75, 3.05) is 5.32 Å². The van der Waals surface area contributed by atoms with E-state index in [1.54, 1.807) is 13.1 Å². The van der Waals surface area contributed by atoms with Gasteiger partial charge in [0.25, 0.3) is 5.89 Å². The number of anilines is 1. The lowest BCUT2D eigenvalue weighted by molar-refractivity contribution is -0.115. The Morgan fingerprint density at radius 1 is 1.44 bits per heavy atom. The van der Waals surface area contributed by atoms with Crippen molar-refractivity contribution >= 4 is 11.7 Å². The quantitative estimate of drug-likeness (QED) is 0.739. The molecule has 0 saturated heterocycles. The number of rotatable bonds is 1. The van der Waals surface area contributed by atoms with E-state index in [1.165, 1.54) is 0 Å². The third-order valence-electron chi connectivity index (χ3n) is 2.19. The van der Waals surface area contributed by atoms with Gasteiger partial charge in [0.2, 0.25) is 17.6 Å². The van der Waals surface area contributed by atoms with E-state index in [1.807, 2.05) is 0 Å². The molecule has 0 spiro atoms. The van der Waals surface area contributed by atoms with Crippen LogP contribution in [0.25, 0.3) is 11.7 Å². The van der Waals surface area contributed by atoms with Crippen molar-refractivity contribution in [2.45, 2.75) is 13.3 Å². The largest absolute Gasteiger partial charge is 0.418 e. The lowest BCUT2D eigenvalue weighted by atomic mass is 10.3. The number of carbonyl (C=O) groups is 1. The minimum Gasteiger partial charge on any atom is -0.418 e. The van der Waals surface area contributed by atoms with E-state index in [4.69, 9.17) is 4.42 Å². The highest BCUT2D eigenvalue weighted by atomic mass is 16.4. The second-order valence-electron chi connectivity index (χ2n) is 3.42. The zero-order valence-corrected chi connectivity index (χ0v) is 8.39. The van der Waals surface area contributed by atoms with Crippen molar-refractivity contribution < 1.29 is 9.21 Å². The van der Waals surface area contributed by atoms with E-state index in [9.17, 15) is 4.79 Å². The Morgan fingerprint density at radius 2 is 2.31 bits per heavy atom. The maximum Gasteiger partial charge on any atom is 0.285 e. The van der Waals surface area contributed by atoms with Gasteiger partial charge < -0.3 is 9.73 Å². The third kappa shape index (κ3) is 1.33. The van der Waals surface area contributed by atoms with E-state index in [2.05, 4.69) is 25.5 Å². The van der Waals surface area contributed by atoms with E-state index in [0.717, 1.165) is 5.56 Å². The first-order chi connectivity index (χ1) is 7.72. The first kappa shape index (κ1) is 8.96. The molecule has 3 rings (SSSR count). The second-order valence-corrected chi connectivity index (χ2v) is 3.42. The highest BCUT2D eigenvalue weighted by Crippen LogP contribution is 2.22. The van der Waals surface area contributed by atoms with Crippen molar-refractivity contribution in [3.63, 3.8) is 0 Å². The fourth-order valence-electron chi connectivity index (χ4n) is 1.48. The molecule has 1 aliphatic heterocycles. The van der Waals surface area contributed by atoms with Gasteiger partial charge in [0.15, 0.2) is 0 Å². The normalized spacial score (nSPS) is 13.7. The zero-order valence-electron chi connectivity index (χ0n) is 8.39. The summed E-state index contributed by atoms with van der Waals surface area (Å²) in [5, 5.41) is 10.1. The van der Waals surface area contributed by atoms with E-state index in [-0.39, 0.29) is 11.8 Å². The average Bonchev–Trinajstić information content (AvgIpc) is 2.81. The molecular weight excluding hydrogens is 210 g/mol. The van der Waals surface area contributed by atoms with Gasteiger partial charge in [-0.15, -0.1) is 10.2 Å². The predicted octanol–water partition coefficient (Wildman–Crippen LogP) is 0.330. The lowest BCUT2D eigenvalue weighted by Crippen LogP contribution is -2.04. The van der Waals surface area contributed by atoms with Crippen molar-refractivity contribution in [3.8, 4) is 11.7 Å². The number of aryl methyl sites for hydroxylation is 1. The van der Waals surface area contributed by atoms with E-state index < -0.39 is 0 Å². The molecule has 1 N–H and O–H groups in total. The fourth-order valence-corrected chi connectivity index (χ4v) is 1.48. The highest BCUT2D eigenvalue weighted by Gasteiger charge is 2.21. The van der Waals surface area contributed by atoms with Crippen LogP contribution in [0.5, 0.6) is 0 Å². The average molecular weight is 217 g/mol. The van der Waals surface area contributed by atoms with Crippen molar-refractivity contribution in [1.82, 2.24) is 20.2 Å². The van der Waals surface area contributed by atoms with Gasteiger partial charge in [-0.05, 0) is 0 Å². The monoisotopic (exact) mass is 217 g/mol. The van der Waals surface area contributed by atoms with Gasteiger partial charge in [-0.3, -0.25) is 4.79 Å². The zero-order chi connectivity index (χ0) is 11.1. The maximum absolute atomic E-state index is 11.1. The van der Waals surface area contributed by atoms with Crippen LogP contribution in [0.1, 0.15) is 11.5 Å². The molecule has 2 aromatic rings. The summed E-state index contributed by atoms with van der Waals surface area (Å²) in [6.45, 7) is 1.69. The van der Waals surface area contributed by atoms with Crippen LogP contribution in [0.2, 0.25) is 0 Å². The molecule has 1 aliphatic rings. The van der Waals surface area contributed by atoms with Crippen LogP contribution >= 0.6 is 0 Å². The summed E-state index contributed by atoms with van der Waals surface area (Å²) in [6, 6.07) is 0. The Bertz CT molecular complexity index is 577. The Kier molecular flexibility index (Phi) is 1.73. The molecule has 0 aliphatic carbocycles. The lowest BCUT2D eigenvalue weighted by Gasteiger charge is -1.97. The number of nitrogens with one attached hydrogen (secondary N) is 1.